The molecule has 2 heterocycles. The fourth-order valence-electron chi connectivity index (χ4n) is 4.22. The topological polar surface area (TPSA) is 47.9 Å². The molecule has 4 rings (SSSR count). The van der Waals surface area contributed by atoms with E-state index >= 15 is 0 Å². The summed E-state index contributed by atoms with van der Waals surface area (Å²) in [6.07, 6.45) is 4.99. The first-order chi connectivity index (χ1) is 14.7. The number of nitrogens with one attached hydrogen (secondary N) is 1. The number of nitrogens with zero attached hydrogens (tertiary/aromatic N) is 3. The van der Waals surface area contributed by atoms with E-state index < -0.39 is 0 Å². The van der Waals surface area contributed by atoms with Gasteiger partial charge in [0.15, 0.2) is 5.96 Å². The molecule has 156 valence electrons. The minimum absolute atomic E-state index is 0.270. The van der Waals surface area contributed by atoms with Crippen molar-refractivity contribution >= 4 is 17.4 Å². The number of carbonyl (C=O) groups excluding carboxylic acids is 1. The summed E-state index contributed by atoms with van der Waals surface area (Å²) in [5, 5.41) is 3.51. The molecule has 0 bridgehead atoms. The maximum atomic E-state index is 11.9. The molecule has 0 spiro atoms. The van der Waals surface area contributed by atoms with Crippen LogP contribution >= 0.6 is 0 Å². The summed E-state index contributed by atoms with van der Waals surface area (Å²) >= 11 is 0. The van der Waals surface area contributed by atoms with Gasteiger partial charge < -0.3 is 15.1 Å². The highest BCUT2D eigenvalue weighted by molar-refractivity contribution is 5.81. The number of likely N-dealkylation sites (tertiary alicyclic amines) is 1. The molecule has 0 unspecified atom stereocenters. The monoisotopic (exact) mass is 402 g/mol. The molecule has 2 aromatic rings. The van der Waals surface area contributed by atoms with Gasteiger partial charge in [0.1, 0.15) is 0 Å². The first kappa shape index (κ1) is 20.2. The van der Waals surface area contributed by atoms with Crippen molar-refractivity contribution < 1.29 is 4.79 Å². The lowest BCUT2D eigenvalue weighted by molar-refractivity contribution is -0.128. The highest BCUT2D eigenvalue weighted by atomic mass is 16.2. The van der Waals surface area contributed by atoms with Gasteiger partial charge in [-0.1, -0.05) is 60.7 Å². The smallest absolute Gasteiger partial charge is 0.222 e. The Kier molecular flexibility index (Phi) is 6.47. The average Bonchev–Trinajstić information content (AvgIpc) is 3.20. The van der Waals surface area contributed by atoms with E-state index in [4.69, 9.17) is 0 Å². The van der Waals surface area contributed by atoms with E-state index in [1.54, 1.807) is 0 Å². The molecule has 2 aromatic carbocycles. The van der Waals surface area contributed by atoms with E-state index in [1.807, 2.05) is 11.9 Å². The first-order valence-corrected chi connectivity index (χ1v) is 10.8. The van der Waals surface area contributed by atoms with Crippen molar-refractivity contribution in [1.29, 1.82) is 0 Å². The van der Waals surface area contributed by atoms with Gasteiger partial charge in [0.2, 0.25) is 5.91 Å². The van der Waals surface area contributed by atoms with Gasteiger partial charge in [-0.25, -0.2) is 0 Å². The summed E-state index contributed by atoms with van der Waals surface area (Å²) in [5.74, 6) is 1.20. The van der Waals surface area contributed by atoms with Crippen LogP contribution in [0, 0.1) is 0 Å². The molecule has 5 heteroatoms. The molecule has 1 N–H and O–H groups in total. The Balaban J connectivity index is 1.33. The lowest BCUT2D eigenvalue weighted by atomic mass is 10.00. The van der Waals surface area contributed by atoms with Gasteiger partial charge in [-0.3, -0.25) is 9.79 Å². The van der Waals surface area contributed by atoms with Crippen LogP contribution in [0.15, 0.2) is 65.7 Å². The van der Waals surface area contributed by atoms with E-state index in [1.165, 1.54) is 22.3 Å². The number of carbonyl (C=O) groups is 1. The molecule has 0 aliphatic carbocycles. The van der Waals surface area contributed by atoms with Crippen molar-refractivity contribution in [1.82, 2.24) is 15.1 Å². The predicted octanol–water partition coefficient (Wildman–Crippen LogP) is 3.67. The molecule has 0 aromatic heterocycles. The maximum Gasteiger partial charge on any atom is 0.222 e. The van der Waals surface area contributed by atoms with Gasteiger partial charge in [0, 0.05) is 46.2 Å². The molecule has 1 amide bonds. The molecule has 1 saturated heterocycles. The summed E-state index contributed by atoms with van der Waals surface area (Å²) in [7, 11) is 1.84. The van der Waals surface area contributed by atoms with Crippen LogP contribution in [0.1, 0.15) is 36.0 Å². The van der Waals surface area contributed by atoms with Crippen molar-refractivity contribution in [2.24, 2.45) is 4.99 Å². The molecule has 2 aliphatic rings. The van der Waals surface area contributed by atoms with Crippen LogP contribution in [0.3, 0.4) is 0 Å². The van der Waals surface area contributed by atoms with Gasteiger partial charge in [-0.15, -0.1) is 0 Å². The highest BCUT2D eigenvalue weighted by Crippen LogP contribution is 2.22. The standard InChI is InChI=1S/C25H30N4O/c1-26-25(28-15-12-23(13-16-28)22-9-3-2-4-10-22)27-18-20-7-5-8-21(17-20)19-29-14-6-11-24(29)30/h2-5,7-10,12,17H,6,11,13-16,18-19H2,1H3,(H,26,27). The fraction of sp³-hybridized carbons (Fsp3) is 0.360. The number of amides is 1. The number of guanidine groups is 1. The lowest BCUT2D eigenvalue weighted by Gasteiger charge is -2.30. The Morgan fingerprint density at radius 3 is 2.57 bits per heavy atom. The molecule has 0 atom stereocenters. The first-order valence-electron chi connectivity index (χ1n) is 10.8. The quantitative estimate of drug-likeness (QED) is 0.613. The van der Waals surface area contributed by atoms with Crippen molar-refractivity contribution in [3.05, 3.63) is 77.4 Å². The van der Waals surface area contributed by atoms with Crippen LogP contribution in [0.25, 0.3) is 5.57 Å². The van der Waals surface area contributed by atoms with Crippen molar-refractivity contribution in [3.63, 3.8) is 0 Å². The Hall–Kier alpha value is -3.08. The van der Waals surface area contributed by atoms with Crippen molar-refractivity contribution in [2.75, 3.05) is 26.7 Å². The molecule has 0 saturated carbocycles. The highest BCUT2D eigenvalue weighted by Gasteiger charge is 2.20. The van der Waals surface area contributed by atoms with Crippen LogP contribution in [-0.2, 0) is 17.9 Å². The molecule has 0 radical (unpaired) electrons. The van der Waals surface area contributed by atoms with Crippen LogP contribution in [0.2, 0.25) is 0 Å². The van der Waals surface area contributed by atoms with Crippen molar-refractivity contribution in [2.45, 2.75) is 32.4 Å². The third-order valence-corrected chi connectivity index (χ3v) is 5.85. The SMILES string of the molecule is CN=C(NCc1cccc(CN2CCCC2=O)c1)N1CC=C(c2ccccc2)CC1. The lowest BCUT2D eigenvalue weighted by Crippen LogP contribution is -2.43. The number of aliphatic imine (C=N–C) groups is 1. The summed E-state index contributed by atoms with van der Waals surface area (Å²) in [6.45, 7) is 4.13. The van der Waals surface area contributed by atoms with E-state index in [2.05, 4.69) is 75.9 Å². The number of benzene rings is 2. The minimum Gasteiger partial charge on any atom is -0.352 e. The molecule has 2 aliphatic heterocycles. The van der Waals surface area contributed by atoms with E-state index in [0.29, 0.717) is 13.0 Å². The van der Waals surface area contributed by atoms with Crippen LogP contribution in [0.4, 0.5) is 0 Å². The Bertz CT molecular complexity index is 935. The van der Waals surface area contributed by atoms with E-state index in [-0.39, 0.29) is 5.91 Å². The molecular formula is C25H30N4O. The van der Waals surface area contributed by atoms with Crippen LogP contribution < -0.4 is 5.32 Å². The van der Waals surface area contributed by atoms with Crippen LogP contribution in [0.5, 0.6) is 0 Å². The zero-order chi connectivity index (χ0) is 20.8. The minimum atomic E-state index is 0.270. The number of hydrogen-bond donors (Lipinski definition) is 1. The van der Waals surface area contributed by atoms with E-state index in [0.717, 1.165) is 45.0 Å². The second-order valence-corrected chi connectivity index (χ2v) is 7.93. The van der Waals surface area contributed by atoms with Gasteiger partial charge in [0.05, 0.1) is 0 Å². The average molecular weight is 403 g/mol. The number of hydrogen-bond acceptors (Lipinski definition) is 2. The third-order valence-electron chi connectivity index (χ3n) is 5.85. The molecule has 30 heavy (non-hydrogen) atoms. The van der Waals surface area contributed by atoms with Gasteiger partial charge in [-0.05, 0) is 35.1 Å². The summed E-state index contributed by atoms with van der Waals surface area (Å²) in [4.78, 5) is 20.6. The zero-order valence-electron chi connectivity index (χ0n) is 17.7. The Labute approximate surface area is 179 Å². The predicted molar refractivity (Wildman–Crippen MR) is 122 cm³/mol. The van der Waals surface area contributed by atoms with Gasteiger partial charge >= 0.3 is 0 Å². The zero-order valence-corrected chi connectivity index (χ0v) is 17.7. The normalized spacial score (nSPS) is 17.3. The van der Waals surface area contributed by atoms with E-state index in [9.17, 15) is 4.79 Å². The molecule has 1 fully saturated rings. The summed E-state index contributed by atoms with van der Waals surface area (Å²) < 4.78 is 0. The molecule has 5 nitrogen and oxygen atoms in total. The number of rotatable bonds is 5. The fourth-order valence-corrected chi connectivity index (χ4v) is 4.22. The Morgan fingerprint density at radius 1 is 1.03 bits per heavy atom. The maximum absolute atomic E-state index is 11.9. The van der Waals surface area contributed by atoms with Gasteiger partial charge in [0.25, 0.3) is 0 Å². The van der Waals surface area contributed by atoms with Crippen LogP contribution in [-0.4, -0.2) is 48.3 Å². The summed E-state index contributed by atoms with van der Waals surface area (Å²) in [5.41, 5.74) is 5.12. The second kappa shape index (κ2) is 9.61. The largest absolute Gasteiger partial charge is 0.352 e. The van der Waals surface area contributed by atoms with Crippen molar-refractivity contribution in [3.8, 4) is 0 Å². The Morgan fingerprint density at radius 2 is 1.87 bits per heavy atom. The summed E-state index contributed by atoms with van der Waals surface area (Å²) in [6, 6.07) is 19.1. The molecular weight excluding hydrogens is 372 g/mol. The third kappa shape index (κ3) is 4.90. The van der Waals surface area contributed by atoms with Gasteiger partial charge in [-0.2, -0.15) is 0 Å². The second-order valence-electron chi connectivity index (χ2n) is 7.93.